The molecule has 0 nitrogen and oxygen atoms in total. The van der Waals surface area contributed by atoms with E-state index in [2.05, 4.69) is 218 Å². The van der Waals surface area contributed by atoms with Crippen molar-refractivity contribution < 1.29 is 0 Å². The zero-order valence-corrected chi connectivity index (χ0v) is 36.1. The Kier molecular flexibility index (Phi) is 6.85. The highest BCUT2D eigenvalue weighted by Gasteiger charge is 2.42. The van der Waals surface area contributed by atoms with Crippen LogP contribution in [0.5, 0.6) is 0 Å². The maximum Gasteiger partial charge on any atom is 0.0349 e. The van der Waals surface area contributed by atoms with Gasteiger partial charge in [0.1, 0.15) is 0 Å². The minimum absolute atomic E-state index is 0.240. The zero-order valence-electron chi connectivity index (χ0n) is 36.1. The van der Waals surface area contributed by atoms with Crippen molar-refractivity contribution in [2.75, 3.05) is 0 Å². The van der Waals surface area contributed by atoms with Crippen LogP contribution < -0.4 is 0 Å². The van der Waals surface area contributed by atoms with Crippen LogP contribution in [0, 0.1) is 0 Å². The topological polar surface area (TPSA) is 0 Å². The van der Waals surface area contributed by atoms with E-state index in [1.165, 1.54) is 143 Å². The minimum Gasteiger partial charge on any atom is -0.0619 e. The van der Waals surface area contributed by atoms with Crippen molar-refractivity contribution in [1.29, 1.82) is 0 Å². The average molecular weight is 833 g/mol. The predicted octanol–water partition coefficient (Wildman–Crippen LogP) is 16.8. The van der Waals surface area contributed by atoms with Crippen molar-refractivity contribution in [2.24, 2.45) is 0 Å². The van der Waals surface area contributed by atoms with Crippen molar-refractivity contribution in [3.63, 3.8) is 0 Å². The second-order valence-corrected chi connectivity index (χ2v) is 19.3. The van der Waals surface area contributed by atoms with Crippen LogP contribution in [0.15, 0.2) is 218 Å². The Morgan fingerprint density at radius 2 is 0.409 bits per heavy atom. The highest BCUT2D eigenvalue weighted by atomic mass is 14.4. The van der Waals surface area contributed by atoms with Crippen molar-refractivity contribution in [2.45, 2.75) is 23.7 Å². The van der Waals surface area contributed by atoms with E-state index in [1.54, 1.807) is 0 Å². The van der Waals surface area contributed by atoms with Crippen molar-refractivity contribution in [3.8, 4) is 22.3 Å². The van der Waals surface area contributed by atoms with Gasteiger partial charge in [0.05, 0.1) is 0 Å². The summed E-state index contributed by atoms with van der Waals surface area (Å²) < 4.78 is 0. The molecule has 0 aliphatic heterocycles. The molecule has 0 saturated carbocycles. The Hall–Kier alpha value is -8.06. The first-order valence-electron chi connectivity index (χ1n) is 23.6. The molecular weight excluding hydrogens is 793 g/mol. The van der Waals surface area contributed by atoms with Gasteiger partial charge in [-0.15, -0.1) is 0 Å². The molecule has 304 valence electrons. The first kappa shape index (κ1) is 35.3. The third-order valence-electron chi connectivity index (χ3n) is 16.4. The lowest BCUT2D eigenvalue weighted by Gasteiger charge is -2.42. The summed E-state index contributed by atoms with van der Waals surface area (Å²) in [5.41, 5.74) is 22.5. The summed E-state index contributed by atoms with van der Waals surface area (Å²) in [5, 5.41) is 13.1. The third-order valence-corrected chi connectivity index (χ3v) is 16.4. The van der Waals surface area contributed by atoms with Crippen molar-refractivity contribution in [3.05, 3.63) is 285 Å². The van der Waals surface area contributed by atoms with Gasteiger partial charge >= 0.3 is 0 Å². The SMILES string of the molecule is c1ccc2c(c1)C1c3ccccc3C2c2cc(-c3ccc4c5ccccc5c5c6cc(-c7ccc8c(c7)C7c9ccccc9C8c8ccccc87)ccc6c6ccccc6c5c4c3)ccc21. The second kappa shape index (κ2) is 12.8. The monoisotopic (exact) mass is 832 g/mol. The molecule has 0 heteroatoms. The van der Waals surface area contributed by atoms with Gasteiger partial charge in [0.2, 0.25) is 0 Å². The predicted molar refractivity (Wildman–Crippen MR) is 274 cm³/mol. The van der Waals surface area contributed by atoms with Crippen LogP contribution in [0.4, 0.5) is 0 Å². The van der Waals surface area contributed by atoms with Crippen LogP contribution >= 0.6 is 0 Å². The smallest absolute Gasteiger partial charge is 0.0349 e. The van der Waals surface area contributed by atoms with E-state index in [0.717, 1.165) is 0 Å². The van der Waals surface area contributed by atoms with Gasteiger partial charge in [-0.25, -0.2) is 0 Å². The molecule has 18 rings (SSSR count). The highest BCUT2D eigenvalue weighted by Crippen LogP contribution is 2.58. The van der Waals surface area contributed by atoms with E-state index >= 15 is 0 Å². The normalized spacial score (nSPS) is 18.0. The van der Waals surface area contributed by atoms with E-state index in [-0.39, 0.29) is 23.7 Å². The third kappa shape index (κ3) is 4.49. The van der Waals surface area contributed by atoms with Crippen LogP contribution in [-0.4, -0.2) is 0 Å². The molecule has 0 saturated heterocycles. The molecule has 0 N–H and O–H groups in total. The second-order valence-electron chi connectivity index (χ2n) is 19.3. The summed E-state index contributed by atoms with van der Waals surface area (Å²) in [4.78, 5) is 0. The Labute approximate surface area is 383 Å². The van der Waals surface area contributed by atoms with Crippen LogP contribution in [-0.2, 0) is 0 Å². The molecule has 12 aromatic carbocycles. The van der Waals surface area contributed by atoms with Gasteiger partial charge < -0.3 is 0 Å². The number of rotatable bonds is 2. The summed E-state index contributed by atoms with van der Waals surface area (Å²) in [6.45, 7) is 0. The van der Waals surface area contributed by atoms with E-state index in [4.69, 9.17) is 0 Å². The van der Waals surface area contributed by atoms with Gasteiger partial charge in [-0.05, 0) is 167 Å². The largest absolute Gasteiger partial charge is 0.0619 e. The number of hydrogen-bond acceptors (Lipinski definition) is 0. The number of hydrogen-bond donors (Lipinski definition) is 0. The minimum atomic E-state index is 0.240. The molecule has 6 aliphatic carbocycles. The molecule has 0 aromatic heterocycles. The standard InChI is InChI=1S/C66H40/c1-3-15-45-41(13-1)43-29-25-37(39-27-31-55-59(35-39)63-51-21-9-5-17-47(51)61(55)48-18-6-10-22-52(48)63)33-57(43)66-46-16-4-2-14-42(46)44-30-26-38(34-58(44)65(45)66)40-28-32-56-60(36-40)64-53-23-11-7-19-49(53)62(56)50-20-8-12-24-54(50)64/h1-36,61-64H. The lowest BCUT2D eigenvalue weighted by atomic mass is 9.61. The molecule has 0 spiro atoms. The number of benzene rings is 12. The van der Waals surface area contributed by atoms with Gasteiger partial charge in [0.25, 0.3) is 0 Å². The molecular formula is C66H40. The molecule has 6 aliphatic rings. The summed E-state index contributed by atoms with van der Waals surface area (Å²) in [5.74, 6) is 1.02. The molecule has 4 bridgehead atoms. The molecule has 0 unspecified atom stereocenters. The quantitative estimate of drug-likeness (QED) is 0.152. The fraction of sp³-hybridized carbons (Fsp3) is 0.0606. The fourth-order valence-corrected chi connectivity index (χ4v) is 13.7. The van der Waals surface area contributed by atoms with Crippen LogP contribution in [0.1, 0.15) is 90.4 Å². The van der Waals surface area contributed by atoms with Gasteiger partial charge in [-0.3, -0.25) is 0 Å². The maximum atomic E-state index is 2.52. The van der Waals surface area contributed by atoms with Crippen LogP contribution in [0.3, 0.4) is 0 Å². The number of fused-ring (bicyclic) bond motifs is 11. The molecule has 0 heterocycles. The van der Waals surface area contributed by atoms with E-state index in [1.807, 2.05) is 0 Å². The summed E-state index contributed by atoms with van der Waals surface area (Å²) in [7, 11) is 0. The van der Waals surface area contributed by atoms with Crippen molar-refractivity contribution in [1.82, 2.24) is 0 Å². The lowest BCUT2D eigenvalue weighted by molar-refractivity contribution is 0.755. The molecule has 0 atom stereocenters. The fourth-order valence-electron chi connectivity index (χ4n) is 13.7. The summed E-state index contributed by atoms with van der Waals surface area (Å²) >= 11 is 0. The zero-order chi connectivity index (χ0) is 42.8. The van der Waals surface area contributed by atoms with Gasteiger partial charge in [-0.1, -0.05) is 194 Å². The molecule has 12 aromatic rings. The molecule has 66 heavy (non-hydrogen) atoms. The Bertz CT molecular complexity index is 3780. The summed E-state index contributed by atoms with van der Waals surface area (Å²) in [6, 6.07) is 84.0. The lowest BCUT2D eigenvalue weighted by Crippen LogP contribution is -2.27. The highest BCUT2D eigenvalue weighted by molar-refractivity contribution is 6.39. The van der Waals surface area contributed by atoms with Crippen LogP contribution in [0.2, 0.25) is 0 Å². The van der Waals surface area contributed by atoms with Crippen molar-refractivity contribution >= 4 is 53.9 Å². The van der Waals surface area contributed by atoms with E-state index < -0.39 is 0 Å². The van der Waals surface area contributed by atoms with E-state index in [0.29, 0.717) is 0 Å². The Morgan fingerprint density at radius 1 is 0.167 bits per heavy atom. The Morgan fingerprint density at radius 3 is 0.758 bits per heavy atom. The van der Waals surface area contributed by atoms with Crippen LogP contribution in [0.25, 0.3) is 76.1 Å². The van der Waals surface area contributed by atoms with Gasteiger partial charge in [0, 0.05) is 23.7 Å². The molecule has 0 amide bonds. The summed E-state index contributed by atoms with van der Waals surface area (Å²) in [6.07, 6.45) is 0. The molecule has 0 fully saturated rings. The first-order chi connectivity index (χ1) is 32.8. The Balaban J connectivity index is 0.916. The molecule has 0 radical (unpaired) electrons. The first-order valence-corrected chi connectivity index (χ1v) is 23.6. The van der Waals surface area contributed by atoms with Gasteiger partial charge in [0.15, 0.2) is 0 Å². The maximum absolute atomic E-state index is 2.52. The average Bonchev–Trinajstić information content (AvgIpc) is 3.39. The van der Waals surface area contributed by atoms with E-state index in [9.17, 15) is 0 Å². The van der Waals surface area contributed by atoms with Gasteiger partial charge in [-0.2, -0.15) is 0 Å².